The van der Waals surface area contributed by atoms with Crippen LogP contribution in [-0.2, 0) is 0 Å². The monoisotopic (exact) mass is 257 g/mol. The molecule has 1 fully saturated rings. The van der Waals surface area contributed by atoms with Crippen LogP contribution in [0.5, 0.6) is 0 Å². The molecule has 0 amide bonds. The Balaban J connectivity index is 2.09. The third-order valence-corrected chi connectivity index (χ3v) is 4.48. The second kappa shape index (κ2) is 5.23. The SMILES string of the molecule is CC(C)[C@@H]1CN(c2cncc(Cl)n2)CCS1. The maximum Gasteiger partial charge on any atom is 0.149 e. The first-order valence-electron chi connectivity index (χ1n) is 5.51. The average Bonchev–Trinajstić information content (AvgIpc) is 2.29. The minimum absolute atomic E-state index is 0.469. The molecule has 0 saturated carbocycles. The van der Waals surface area contributed by atoms with Crippen molar-refractivity contribution in [1.29, 1.82) is 0 Å². The molecule has 0 spiro atoms. The van der Waals surface area contributed by atoms with E-state index < -0.39 is 0 Å². The van der Waals surface area contributed by atoms with Crippen molar-refractivity contribution in [2.24, 2.45) is 5.92 Å². The number of aromatic nitrogens is 2. The van der Waals surface area contributed by atoms with Gasteiger partial charge in [0.2, 0.25) is 0 Å². The normalized spacial score (nSPS) is 21.5. The van der Waals surface area contributed by atoms with Crippen LogP contribution in [0, 0.1) is 5.92 Å². The Morgan fingerprint density at radius 3 is 3.00 bits per heavy atom. The van der Waals surface area contributed by atoms with E-state index in [1.165, 1.54) is 0 Å². The van der Waals surface area contributed by atoms with Crippen LogP contribution in [0.25, 0.3) is 0 Å². The van der Waals surface area contributed by atoms with Crippen molar-refractivity contribution in [3.05, 3.63) is 17.5 Å². The van der Waals surface area contributed by atoms with Gasteiger partial charge in [-0.2, -0.15) is 11.8 Å². The van der Waals surface area contributed by atoms with Gasteiger partial charge in [-0.25, -0.2) is 4.98 Å². The van der Waals surface area contributed by atoms with E-state index in [-0.39, 0.29) is 0 Å². The van der Waals surface area contributed by atoms with Gasteiger partial charge in [-0.3, -0.25) is 4.98 Å². The Bertz CT molecular complexity index is 359. The van der Waals surface area contributed by atoms with E-state index in [0.29, 0.717) is 16.3 Å². The molecular formula is C11H16ClN3S. The third kappa shape index (κ3) is 2.80. The van der Waals surface area contributed by atoms with Crippen LogP contribution >= 0.6 is 23.4 Å². The minimum atomic E-state index is 0.469. The first-order chi connectivity index (χ1) is 7.66. The predicted molar refractivity (Wildman–Crippen MR) is 70.3 cm³/mol. The van der Waals surface area contributed by atoms with Crippen molar-refractivity contribution in [2.45, 2.75) is 19.1 Å². The van der Waals surface area contributed by atoms with E-state index >= 15 is 0 Å². The zero-order chi connectivity index (χ0) is 11.5. The van der Waals surface area contributed by atoms with E-state index in [9.17, 15) is 0 Å². The van der Waals surface area contributed by atoms with Crippen LogP contribution in [0.4, 0.5) is 5.82 Å². The minimum Gasteiger partial charge on any atom is -0.353 e. The molecule has 1 aromatic rings. The summed E-state index contributed by atoms with van der Waals surface area (Å²) in [6.45, 7) is 6.61. The molecule has 1 atom stereocenters. The lowest BCUT2D eigenvalue weighted by molar-refractivity contribution is 0.580. The molecule has 1 aromatic heterocycles. The molecule has 1 aliphatic rings. The molecule has 2 heterocycles. The van der Waals surface area contributed by atoms with Crippen LogP contribution in [-0.4, -0.2) is 34.1 Å². The summed E-state index contributed by atoms with van der Waals surface area (Å²) in [5, 5.41) is 1.14. The maximum atomic E-state index is 5.86. The Morgan fingerprint density at radius 1 is 1.50 bits per heavy atom. The summed E-state index contributed by atoms with van der Waals surface area (Å²) in [4.78, 5) is 10.7. The lowest BCUT2D eigenvalue weighted by Gasteiger charge is -2.34. The lowest BCUT2D eigenvalue weighted by atomic mass is 10.1. The molecule has 0 aliphatic carbocycles. The van der Waals surface area contributed by atoms with Crippen molar-refractivity contribution in [2.75, 3.05) is 23.7 Å². The molecule has 16 heavy (non-hydrogen) atoms. The largest absolute Gasteiger partial charge is 0.353 e. The number of rotatable bonds is 2. The second-order valence-electron chi connectivity index (χ2n) is 4.30. The Morgan fingerprint density at radius 2 is 2.31 bits per heavy atom. The Hall–Kier alpha value is -0.480. The predicted octanol–water partition coefficient (Wildman–Crippen LogP) is 2.71. The van der Waals surface area contributed by atoms with Crippen LogP contribution in [0.15, 0.2) is 12.4 Å². The zero-order valence-electron chi connectivity index (χ0n) is 9.56. The molecule has 2 rings (SSSR count). The fourth-order valence-corrected chi connectivity index (χ4v) is 3.21. The van der Waals surface area contributed by atoms with Crippen molar-refractivity contribution in [1.82, 2.24) is 9.97 Å². The fraction of sp³-hybridized carbons (Fsp3) is 0.636. The highest BCUT2D eigenvalue weighted by Gasteiger charge is 2.23. The molecule has 88 valence electrons. The van der Waals surface area contributed by atoms with E-state index in [2.05, 4.69) is 40.5 Å². The molecule has 5 heteroatoms. The van der Waals surface area contributed by atoms with Gasteiger partial charge in [0.15, 0.2) is 0 Å². The number of anilines is 1. The average molecular weight is 258 g/mol. The summed E-state index contributed by atoms with van der Waals surface area (Å²) >= 11 is 7.91. The van der Waals surface area contributed by atoms with Crippen molar-refractivity contribution >= 4 is 29.2 Å². The summed E-state index contributed by atoms with van der Waals surface area (Å²) in [6.07, 6.45) is 3.36. The first kappa shape index (κ1) is 12.0. The summed E-state index contributed by atoms with van der Waals surface area (Å²) < 4.78 is 0. The number of nitrogens with zero attached hydrogens (tertiary/aromatic N) is 3. The summed E-state index contributed by atoms with van der Waals surface area (Å²) in [7, 11) is 0. The highest BCUT2D eigenvalue weighted by Crippen LogP contribution is 2.27. The quantitative estimate of drug-likeness (QED) is 0.815. The second-order valence-corrected chi connectivity index (χ2v) is 6.03. The smallest absolute Gasteiger partial charge is 0.149 e. The van der Waals surface area contributed by atoms with Gasteiger partial charge in [-0.05, 0) is 5.92 Å². The topological polar surface area (TPSA) is 29.0 Å². The van der Waals surface area contributed by atoms with Gasteiger partial charge in [-0.1, -0.05) is 25.4 Å². The third-order valence-electron chi connectivity index (χ3n) is 2.75. The molecule has 0 bridgehead atoms. The Kier molecular flexibility index (Phi) is 3.92. The molecule has 0 N–H and O–H groups in total. The molecule has 0 radical (unpaired) electrons. The number of halogens is 1. The molecule has 3 nitrogen and oxygen atoms in total. The van der Waals surface area contributed by atoms with E-state index in [1.807, 2.05) is 0 Å². The molecule has 0 unspecified atom stereocenters. The highest BCUT2D eigenvalue weighted by atomic mass is 35.5. The van der Waals surface area contributed by atoms with Crippen LogP contribution in [0.1, 0.15) is 13.8 Å². The fourth-order valence-electron chi connectivity index (χ4n) is 1.77. The van der Waals surface area contributed by atoms with Crippen molar-refractivity contribution < 1.29 is 0 Å². The van der Waals surface area contributed by atoms with Gasteiger partial charge in [-0.15, -0.1) is 0 Å². The van der Waals surface area contributed by atoms with E-state index in [1.54, 1.807) is 12.4 Å². The number of hydrogen-bond donors (Lipinski definition) is 0. The van der Waals surface area contributed by atoms with Gasteiger partial charge >= 0.3 is 0 Å². The molecule has 1 saturated heterocycles. The first-order valence-corrected chi connectivity index (χ1v) is 6.93. The van der Waals surface area contributed by atoms with E-state index in [4.69, 9.17) is 11.6 Å². The van der Waals surface area contributed by atoms with Crippen LogP contribution in [0.3, 0.4) is 0 Å². The summed E-state index contributed by atoms with van der Waals surface area (Å²) in [5.41, 5.74) is 0. The van der Waals surface area contributed by atoms with Gasteiger partial charge in [0.25, 0.3) is 0 Å². The number of thioether (sulfide) groups is 1. The highest BCUT2D eigenvalue weighted by molar-refractivity contribution is 8.00. The summed E-state index contributed by atoms with van der Waals surface area (Å²) in [6, 6.07) is 0. The van der Waals surface area contributed by atoms with Gasteiger partial charge in [0.05, 0.1) is 12.4 Å². The molecule has 0 aromatic carbocycles. The standard InChI is InChI=1S/C11H16ClN3S/c1-8(2)9-7-15(3-4-16-9)11-6-13-5-10(12)14-11/h5-6,8-9H,3-4,7H2,1-2H3/t9-/m0/s1. The van der Waals surface area contributed by atoms with Gasteiger partial charge in [0.1, 0.15) is 11.0 Å². The maximum absolute atomic E-state index is 5.86. The van der Waals surface area contributed by atoms with E-state index in [0.717, 1.165) is 24.7 Å². The molecular weight excluding hydrogens is 242 g/mol. The lowest BCUT2D eigenvalue weighted by Crippen LogP contribution is -2.40. The van der Waals surface area contributed by atoms with Crippen molar-refractivity contribution in [3.8, 4) is 0 Å². The van der Waals surface area contributed by atoms with Crippen molar-refractivity contribution in [3.63, 3.8) is 0 Å². The number of hydrogen-bond acceptors (Lipinski definition) is 4. The van der Waals surface area contributed by atoms with Crippen LogP contribution in [0.2, 0.25) is 5.15 Å². The zero-order valence-corrected chi connectivity index (χ0v) is 11.1. The van der Waals surface area contributed by atoms with Gasteiger partial charge < -0.3 is 4.90 Å². The van der Waals surface area contributed by atoms with Gasteiger partial charge in [0, 0.05) is 24.1 Å². The molecule has 1 aliphatic heterocycles. The van der Waals surface area contributed by atoms with Crippen LogP contribution < -0.4 is 4.90 Å². The summed E-state index contributed by atoms with van der Waals surface area (Å²) in [5.74, 6) is 2.75. The Labute approximate surface area is 106 Å².